The van der Waals surface area contributed by atoms with Gasteiger partial charge in [-0.05, 0) is 36.6 Å². The van der Waals surface area contributed by atoms with Crippen molar-refractivity contribution in [3.05, 3.63) is 40.0 Å². The SMILES string of the molecule is Cc1c(C(=O)OCC(C)C)sc2ncnc(Nc3cc(S(=O)(=O)N4CCOCC4)ccc3Cl)c12. The molecule has 0 unspecified atom stereocenters. The first kappa shape index (κ1) is 24.8. The maximum Gasteiger partial charge on any atom is 0.348 e. The van der Waals surface area contributed by atoms with Gasteiger partial charge in [-0.25, -0.2) is 23.2 Å². The van der Waals surface area contributed by atoms with Gasteiger partial charge < -0.3 is 14.8 Å². The number of aromatic nitrogens is 2. The van der Waals surface area contributed by atoms with Crippen LogP contribution in [0.4, 0.5) is 11.5 Å². The standard InChI is InChI=1S/C22H25ClN4O5S2/c1-13(2)11-32-22(28)19-14(3)18-20(24-12-25-21(18)33-19)26-17-10-15(4-5-16(17)23)34(29,30)27-6-8-31-9-7-27/h4-5,10,12-13H,6-9,11H2,1-3H3,(H,24,25,26). The van der Waals surface area contributed by atoms with E-state index < -0.39 is 16.0 Å². The summed E-state index contributed by atoms with van der Waals surface area (Å²) in [4.78, 5) is 22.4. The van der Waals surface area contributed by atoms with Gasteiger partial charge in [0.05, 0.1) is 40.8 Å². The number of morpholine rings is 1. The summed E-state index contributed by atoms with van der Waals surface area (Å²) in [6.07, 6.45) is 1.38. The number of thiophene rings is 1. The van der Waals surface area contributed by atoms with Gasteiger partial charge in [0.2, 0.25) is 10.0 Å². The number of benzene rings is 1. The van der Waals surface area contributed by atoms with Crippen LogP contribution in [0.1, 0.15) is 29.1 Å². The number of anilines is 2. The molecule has 0 amide bonds. The fraction of sp³-hybridized carbons (Fsp3) is 0.409. The number of hydrogen-bond donors (Lipinski definition) is 1. The van der Waals surface area contributed by atoms with Crippen molar-refractivity contribution in [2.45, 2.75) is 25.7 Å². The molecule has 1 aliphatic rings. The summed E-state index contributed by atoms with van der Waals surface area (Å²) in [5, 5.41) is 4.12. The second kappa shape index (κ2) is 10.1. The van der Waals surface area contributed by atoms with Crippen LogP contribution in [0.5, 0.6) is 0 Å². The molecule has 0 saturated carbocycles. The molecule has 3 heterocycles. The number of esters is 1. The van der Waals surface area contributed by atoms with Gasteiger partial charge >= 0.3 is 5.97 Å². The molecule has 182 valence electrons. The minimum Gasteiger partial charge on any atom is -0.461 e. The van der Waals surface area contributed by atoms with Crippen LogP contribution >= 0.6 is 22.9 Å². The highest BCUT2D eigenvalue weighted by molar-refractivity contribution is 7.89. The number of rotatable bonds is 7. The Morgan fingerprint density at radius 2 is 2.03 bits per heavy atom. The summed E-state index contributed by atoms with van der Waals surface area (Å²) >= 11 is 7.62. The lowest BCUT2D eigenvalue weighted by molar-refractivity contribution is 0.0464. The van der Waals surface area contributed by atoms with E-state index in [2.05, 4.69) is 15.3 Å². The van der Waals surface area contributed by atoms with Gasteiger partial charge in [0.15, 0.2) is 0 Å². The van der Waals surface area contributed by atoms with Gasteiger partial charge in [-0.15, -0.1) is 11.3 Å². The van der Waals surface area contributed by atoms with Crippen LogP contribution in [0.2, 0.25) is 5.02 Å². The molecule has 9 nitrogen and oxygen atoms in total. The van der Waals surface area contributed by atoms with Crippen LogP contribution in [0.3, 0.4) is 0 Å². The molecule has 12 heteroatoms. The number of nitrogens with zero attached hydrogens (tertiary/aromatic N) is 3. The zero-order valence-corrected chi connectivity index (χ0v) is 21.4. The topological polar surface area (TPSA) is 111 Å². The molecule has 1 saturated heterocycles. The second-order valence-electron chi connectivity index (χ2n) is 8.23. The molecule has 0 spiro atoms. The van der Waals surface area contributed by atoms with E-state index >= 15 is 0 Å². The molecule has 4 rings (SSSR count). The van der Waals surface area contributed by atoms with Crippen LogP contribution < -0.4 is 5.32 Å². The number of halogens is 1. The summed E-state index contributed by atoms with van der Waals surface area (Å²) in [5.74, 6) is 0.236. The number of fused-ring (bicyclic) bond motifs is 1. The van der Waals surface area contributed by atoms with E-state index in [9.17, 15) is 13.2 Å². The number of sulfonamides is 1. The van der Waals surface area contributed by atoms with Crippen LogP contribution in [0, 0.1) is 12.8 Å². The molecule has 1 aliphatic heterocycles. The van der Waals surface area contributed by atoms with Crippen LogP contribution in [0.15, 0.2) is 29.4 Å². The van der Waals surface area contributed by atoms with Crippen LogP contribution in [-0.2, 0) is 19.5 Å². The molecular weight excluding hydrogens is 500 g/mol. The van der Waals surface area contributed by atoms with Crippen molar-refractivity contribution >= 4 is 60.7 Å². The summed E-state index contributed by atoms with van der Waals surface area (Å²) in [7, 11) is -3.70. The van der Waals surface area contributed by atoms with Crippen molar-refractivity contribution in [3.63, 3.8) is 0 Å². The fourth-order valence-corrected chi connectivity index (χ4v) is 6.14. The number of aryl methyl sites for hydroxylation is 1. The van der Waals surface area contributed by atoms with E-state index in [0.717, 1.165) is 0 Å². The van der Waals surface area contributed by atoms with E-state index in [-0.39, 0.29) is 10.8 Å². The Morgan fingerprint density at radius 1 is 1.29 bits per heavy atom. The Balaban J connectivity index is 1.67. The first-order chi connectivity index (χ1) is 16.2. The largest absolute Gasteiger partial charge is 0.461 e. The van der Waals surface area contributed by atoms with Gasteiger partial charge in [0.25, 0.3) is 0 Å². The number of nitrogens with one attached hydrogen (secondary N) is 1. The maximum absolute atomic E-state index is 13.1. The van der Waals surface area contributed by atoms with E-state index in [1.807, 2.05) is 13.8 Å². The van der Waals surface area contributed by atoms with E-state index in [0.29, 0.717) is 70.1 Å². The van der Waals surface area contributed by atoms with Crippen molar-refractivity contribution in [1.29, 1.82) is 0 Å². The Hall–Kier alpha value is -2.31. The zero-order valence-electron chi connectivity index (χ0n) is 19.0. The highest BCUT2D eigenvalue weighted by atomic mass is 35.5. The van der Waals surface area contributed by atoms with Crippen molar-refractivity contribution in [2.24, 2.45) is 5.92 Å². The smallest absolute Gasteiger partial charge is 0.348 e. The van der Waals surface area contributed by atoms with E-state index in [1.165, 1.54) is 40.2 Å². The molecule has 1 N–H and O–H groups in total. The molecule has 0 bridgehead atoms. The Morgan fingerprint density at radius 3 is 2.74 bits per heavy atom. The first-order valence-electron chi connectivity index (χ1n) is 10.7. The lowest BCUT2D eigenvalue weighted by Crippen LogP contribution is -2.40. The van der Waals surface area contributed by atoms with E-state index in [1.54, 1.807) is 6.92 Å². The van der Waals surface area contributed by atoms with Crippen molar-refractivity contribution in [1.82, 2.24) is 14.3 Å². The Bertz CT molecular complexity index is 1320. The predicted molar refractivity (Wildman–Crippen MR) is 132 cm³/mol. The highest BCUT2D eigenvalue weighted by Crippen LogP contribution is 2.37. The Labute approximate surface area is 207 Å². The fourth-order valence-electron chi connectivity index (χ4n) is 3.49. The van der Waals surface area contributed by atoms with Crippen molar-refractivity contribution < 1.29 is 22.7 Å². The summed E-state index contributed by atoms with van der Waals surface area (Å²) in [5.41, 5.74) is 1.07. The Kier molecular flexibility index (Phi) is 7.39. The molecule has 1 fully saturated rings. The van der Waals surface area contributed by atoms with Gasteiger partial charge in [-0.2, -0.15) is 4.31 Å². The van der Waals surface area contributed by atoms with E-state index in [4.69, 9.17) is 21.1 Å². The quantitative estimate of drug-likeness (QED) is 0.457. The normalized spacial score (nSPS) is 15.1. The number of ether oxygens (including phenoxy) is 2. The maximum atomic E-state index is 13.1. The zero-order chi connectivity index (χ0) is 24.5. The lowest BCUT2D eigenvalue weighted by atomic mass is 10.2. The minimum atomic E-state index is -3.70. The molecule has 0 aliphatic carbocycles. The molecule has 2 aromatic heterocycles. The van der Waals surface area contributed by atoms with Crippen LogP contribution in [0.25, 0.3) is 10.2 Å². The van der Waals surface area contributed by atoms with Crippen molar-refractivity contribution in [3.8, 4) is 0 Å². The number of hydrogen-bond acceptors (Lipinski definition) is 9. The van der Waals surface area contributed by atoms with Crippen LogP contribution in [-0.4, -0.2) is 61.6 Å². The lowest BCUT2D eigenvalue weighted by Gasteiger charge is -2.26. The third-order valence-electron chi connectivity index (χ3n) is 5.26. The third-order valence-corrected chi connectivity index (χ3v) is 8.66. The predicted octanol–water partition coefficient (Wildman–Crippen LogP) is 4.23. The van der Waals surface area contributed by atoms with Crippen molar-refractivity contribution in [2.75, 3.05) is 38.2 Å². The second-order valence-corrected chi connectivity index (χ2v) is 11.6. The number of carbonyl (C=O) groups excluding carboxylic acids is 1. The summed E-state index contributed by atoms with van der Waals surface area (Å²) < 4.78 is 38.2. The third kappa shape index (κ3) is 5.03. The molecule has 34 heavy (non-hydrogen) atoms. The van der Waals surface area contributed by atoms with Gasteiger partial charge in [-0.1, -0.05) is 25.4 Å². The molecule has 1 aromatic carbocycles. The number of carbonyl (C=O) groups is 1. The summed E-state index contributed by atoms with van der Waals surface area (Å²) in [6, 6.07) is 4.50. The average Bonchev–Trinajstić information content (AvgIpc) is 3.16. The summed E-state index contributed by atoms with van der Waals surface area (Å²) in [6.45, 7) is 7.37. The molecule has 0 atom stereocenters. The molecule has 0 radical (unpaired) electrons. The van der Waals surface area contributed by atoms with Gasteiger partial charge in [0, 0.05) is 13.1 Å². The first-order valence-corrected chi connectivity index (χ1v) is 13.4. The van der Waals surface area contributed by atoms with Gasteiger partial charge in [-0.3, -0.25) is 0 Å². The molecule has 3 aromatic rings. The van der Waals surface area contributed by atoms with Gasteiger partial charge in [0.1, 0.15) is 21.9 Å². The minimum absolute atomic E-state index is 0.117. The highest BCUT2D eigenvalue weighted by Gasteiger charge is 2.27. The monoisotopic (exact) mass is 524 g/mol. The average molecular weight is 525 g/mol. The molecular formula is C22H25ClN4O5S2.